The molecule has 0 bridgehead atoms. The maximum atomic E-state index is 12.4. The van der Waals surface area contributed by atoms with Gasteiger partial charge in [-0.1, -0.05) is 10.4 Å². The van der Waals surface area contributed by atoms with Crippen molar-refractivity contribution in [2.45, 2.75) is 19.5 Å². The molecule has 0 unspecified atom stereocenters. The number of ether oxygens (including phenoxy) is 1. The first kappa shape index (κ1) is 19.1. The van der Waals surface area contributed by atoms with Gasteiger partial charge in [0.25, 0.3) is 0 Å². The van der Waals surface area contributed by atoms with Gasteiger partial charge in [-0.2, -0.15) is 4.98 Å². The number of carbonyl (C=O) groups is 1. The van der Waals surface area contributed by atoms with Crippen molar-refractivity contribution in [3.63, 3.8) is 0 Å². The average molecular weight is 397 g/mol. The van der Waals surface area contributed by atoms with Gasteiger partial charge in [-0.15, -0.1) is 5.10 Å². The Balaban J connectivity index is 1.25. The summed E-state index contributed by atoms with van der Waals surface area (Å²) >= 11 is 0. The van der Waals surface area contributed by atoms with Crippen LogP contribution in [-0.2, 0) is 17.9 Å². The molecule has 1 amide bonds. The highest BCUT2D eigenvalue weighted by Crippen LogP contribution is 2.20. The van der Waals surface area contributed by atoms with E-state index in [4.69, 9.17) is 9.26 Å². The monoisotopic (exact) mass is 397 g/mol. The largest absolute Gasteiger partial charge is 0.497 e. The van der Waals surface area contributed by atoms with Crippen LogP contribution in [0.4, 0.5) is 0 Å². The van der Waals surface area contributed by atoms with Crippen molar-refractivity contribution in [3.05, 3.63) is 42.5 Å². The van der Waals surface area contributed by atoms with Crippen molar-refractivity contribution in [1.29, 1.82) is 0 Å². The number of carbonyl (C=O) groups excluding carboxylic acids is 1. The minimum atomic E-state index is 0.139. The number of piperazine rings is 1. The summed E-state index contributed by atoms with van der Waals surface area (Å²) in [6, 6.07) is 7.53. The van der Waals surface area contributed by atoms with Crippen LogP contribution in [0.25, 0.3) is 11.4 Å². The van der Waals surface area contributed by atoms with E-state index in [9.17, 15) is 4.79 Å². The van der Waals surface area contributed by atoms with Crippen LogP contribution >= 0.6 is 0 Å². The van der Waals surface area contributed by atoms with Crippen molar-refractivity contribution < 1.29 is 14.1 Å². The summed E-state index contributed by atoms with van der Waals surface area (Å²) in [7, 11) is 1.63. The highest BCUT2D eigenvalue weighted by Gasteiger charge is 2.22. The normalized spacial score (nSPS) is 14.9. The average Bonchev–Trinajstić information content (AvgIpc) is 3.45. The van der Waals surface area contributed by atoms with Crippen LogP contribution in [0.15, 0.2) is 41.2 Å². The molecule has 0 N–H and O–H groups in total. The molecule has 152 valence electrons. The topological polar surface area (TPSA) is 102 Å². The summed E-state index contributed by atoms with van der Waals surface area (Å²) in [5, 5.41) is 11.7. The molecule has 0 atom stereocenters. The molecule has 1 fully saturated rings. The van der Waals surface area contributed by atoms with E-state index < -0.39 is 0 Å². The van der Waals surface area contributed by atoms with Gasteiger partial charge in [0.2, 0.25) is 17.6 Å². The van der Waals surface area contributed by atoms with E-state index in [0.29, 0.717) is 44.3 Å². The Morgan fingerprint density at radius 2 is 1.97 bits per heavy atom. The number of aryl methyl sites for hydroxylation is 1. The Labute approximate surface area is 168 Å². The smallest absolute Gasteiger partial charge is 0.241 e. The molecule has 1 aliphatic heterocycles. The fourth-order valence-corrected chi connectivity index (χ4v) is 3.24. The fraction of sp³-hybridized carbons (Fsp3) is 0.421. The Morgan fingerprint density at radius 3 is 2.66 bits per heavy atom. The van der Waals surface area contributed by atoms with Gasteiger partial charge < -0.3 is 14.2 Å². The van der Waals surface area contributed by atoms with Crippen LogP contribution in [0, 0.1) is 0 Å². The first-order valence-corrected chi connectivity index (χ1v) is 9.52. The molecule has 10 heteroatoms. The Kier molecular flexibility index (Phi) is 5.80. The third kappa shape index (κ3) is 4.77. The van der Waals surface area contributed by atoms with E-state index in [2.05, 4.69) is 25.4 Å². The molecule has 0 aliphatic carbocycles. The van der Waals surface area contributed by atoms with E-state index >= 15 is 0 Å². The van der Waals surface area contributed by atoms with Gasteiger partial charge in [0.05, 0.1) is 26.4 Å². The molecule has 0 spiro atoms. The van der Waals surface area contributed by atoms with Crippen molar-refractivity contribution in [1.82, 2.24) is 34.9 Å². The van der Waals surface area contributed by atoms with Crippen molar-refractivity contribution in [2.75, 3.05) is 33.3 Å². The molecule has 1 aliphatic rings. The quantitative estimate of drug-likeness (QED) is 0.583. The van der Waals surface area contributed by atoms with Crippen LogP contribution in [0.5, 0.6) is 5.75 Å². The number of rotatable bonds is 7. The molecule has 3 aromatic rings. The Morgan fingerprint density at radius 1 is 1.17 bits per heavy atom. The molecule has 0 radical (unpaired) electrons. The number of hydrogen-bond donors (Lipinski definition) is 0. The molecule has 1 saturated heterocycles. The molecular weight excluding hydrogens is 374 g/mol. The highest BCUT2D eigenvalue weighted by molar-refractivity contribution is 5.76. The first-order valence-electron chi connectivity index (χ1n) is 9.52. The lowest BCUT2D eigenvalue weighted by Gasteiger charge is -2.34. The number of aromatic nitrogens is 5. The van der Waals surface area contributed by atoms with E-state index in [1.54, 1.807) is 24.2 Å². The van der Waals surface area contributed by atoms with Gasteiger partial charge in [0.15, 0.2) is 0 Å². The lowest BCUT2D eigenvalue weighted by atomic mass is 10.2. The second-order valence-electron chi connectivity index (χ2n) is 6.81. The summed E-state index contributed by atoms with van der Waals surface area (Å²) in [4.78, 5) is 21.0. The van der Waals surface area contributed by atoms with Gasteiger partial charge >= 0.3 is 0 Å². The molecule has 4 rings (SSSR count). The van der Waals surface area contributed by atoms with Crippen molar-refractivity contribution in [2.24, 2.45) is 0 Å². The summed E-state index contributed by atoms with van der Waals surface area (Å²) < 4.78 is 12.2. The third-order valence-electron chi connectivity index (χ3n) is 4.93. The highest BCUT2D eigenvalue weighted by atomic mass is 16.5. The van der Waals surface area contributed by atoms with Gasteiger partial charge in [0, 0.05) is 44.4 Å². The van der Waals surface area contributed by atoms with Crippen LogP contribution in [0.3, 0.4) is 0 Å². The second kappa shape index (κ2) is 8.82. The number of methoxy groups -OCH3 is 1. The maximum Gasteiger partial charge on any atom is 0.241 e. The maximum absolute atomic E-state index is 12.4. The molecule has 0 saturated carbocycles. The second-order valence-corrected chi connectivity index (χ2v) is 6.81. The van der Waals surface area contributed by atoms with Crippen LogP contribution in [0.1, 0.15) is 12.3 Å². The summed E-state index contributed by atoms with van der Waals surface area (Å²) in [6.45, 7) is 4.05. The zero-order valence-electron chi connectivity index (χ0n) is 16.3. The summed E-state index contributed by atoms with van der Waals surface area (Å²) in [5.41, 5.74) is 0.878. The standard InChI is InChI=1S/C19H23N7O3/c1-28-16-4-2-15(3-5-16)19-21-17(29-22-19)14-24-10-12-25(13-11-24)18(27)6-8-26-9-7-20-23-26/h2-5,7,9H,6,8,10-14H2,1H3. The third-order valence-corrected chi connectivity index (χ3v) is 4.93. The SMILES string of the molecule is COc1ccc(-c2noc(CN3CCN(C(=O)CCn4ccnn4)CC3)n2)cc1. The van der Waals surface area contributed by atoms with Gasteiger partial charge in [0.1, 0.15) is 5.75 Å². The molecule has 1 aromatic carbocycles. The predicted molar refractivity (Wildman–Crippen MR) is 103 cm³/mol. The van der Waals surface area contributed by atoms with E-state index in [0.717, 1.165) is 24.4 Å². The first-order chi connectivity index (χ1) is 14.2. The van der Waals surface area contributed by atoms with Crippen LogP contribution in [0.2, 0.25) is 0 Å². The lowest BCUT2D eigenvalue weighted by Crippen LogP contribution is -2.48. The predicted octanol–water partition coefficient (Wildman–Crippen LogP) is 1.07. The number of benzene rings is 1. The zero-order chi connectivity index (χ0) is 20.1. The summed E-state index contributed by atoms with van der Waals surface area (Å²) in [6.07, 6.45) is 3.80. The summed E-state index contributed by atoms with van der Waals surface area (Å²) in [5.74, 6) is 2.05. The molecular formula is C19H23N7O3. The van der Waals surface area contributed by atoms with Crippen LogP contribution < -0.4 is 4.74 Å². The molecule has 29 heavy (non-hydrogen) atoms. The number of nitrogens with zero attached hydrogens (tertiary/aromatic N) is 7. The van der Waals surface area contributed by atoms with Crippen molar-refractivity contribution in [3.8, 4) is 17.1 Å². The number of amides is 1. The van der Waals surface area contributed by atoms with E-state index in [1.807, 2.05) is 29.2 Å². The Bertz CT molecular complexity index is 916. The minimum absolute atomic E-state index is 0.139. The van der Waals surface area contributed by atoms with Crippen molar-refractivity contribution >= 4 is 5.91 Å². The van der Waals surface area contributed by atoms with Gasteiger partial charge in [-0.3, -0.25) is 14.4 Å². The Hall–Kier alpha value is -3.27. The minimum Gasteiger partial charge on any atom is -0.497 e. The molecule has 10 nitrogen and oxygen atoms in total. The molecule has 3 heterocycles. The van der Waals surface area contributed by atoms with Gasteiger partial charge in [-0.25, -0.2) is 0 Å². The van der Waals surface area contributed by atoms with E-state index in [-0.39, 0.29) is 5.91 Å². The van der Waals surface area contributed by atoms with Gasteiger partial charge in [-0.05, 0) is 24.3 Å². The van der Waals surface area contributed by atoms with E-state index in [1.165, 1.54) is 0 Å². The number of hydrogen-bond acceptors (Lipinski definition) is 8. The molecule has 2 aromatic heterocycles. The van der Waals surface area contributed by atoms with Crippen LogP contribution in [-0.4, -0.2) is 74.1 Å². The fourth-order valence-electron chi connectivity index (χ4n) is 3.24. The lowest BCUT2D eigenvalue weighted by molar-refractivity contribution is -0.133. The zero-order valence-corrected chi connectivity index (χ0v) is 16.3.